The highest BCUT2D eigenvalue weighted by molar-refractivity contribution is 7.16. The van der Waals surface area contributed by atoms with Crippen LogP contribution in [0.25, 0.3) is 15.7 Å². The first-order chi connectivity index (χ1) is 15.2. The first kappa shape index (κ1) is 21.6. The molecule has 0 bridgehead atoms. The van der Waals surface area contributed by atoms with Crippen molar-refractivity contribution in [3.05, 3.63) is 33.7 Å². The Morgan fingerprint density at radius 1 is 1.34 bits per heavy atom. The van der Waals surface area contributed by atoms with Gasteiger partial charge in [-0.3, -0.25) is 18.9 Å². The molecule has 3 aromatic heterocycles. The second-order valence-corrected chi connectivity index (χ2v) is 11.4. The summed E-state index contributed by atoms with van der Waals surface area (Å²) in [5.74, 6) is 0.801. The molecule has 7 nitrogen and oxygen atoms in total. The predicted octanol–water partition coefficient (Wildman–Crippen LogP) is 3.60. The van der Waals surface area contributed by atoms with E-state index in [1.165, 1.54) is 17.5 Å². The van der Waals surface area contributed by atoms with Crippen LogP contribution >= 0.6 is 11.3 Å². The third kappa shape index (κ3) is 3.67. The van der Waals surface area contributed by atoms with Crippen molar-refractivity contribution < 1.29 is 4.79 Å². The molecule has 0 spiro atoms. The monoisotopic (exact) mass is 455 g/mol. The number of fused-ring (bicyclic) bond motifs is 3. The van der Waals surface area contributed by atoms with Crippen LogP contribution in [-0.4, -0.2) is 50.2 Å². The number of carbonyl (C=O) groups excluding carboxylic acids is 1. The summed E-state index contributed by atoms with van der Waals surface area (Å²) < 4.78 is 3.31. The van der Waals surface area contributed by atoms with Crippen LogP contribution in [0.4, 0.5) is 0 Å². The molecule has 3 aromatic rings. The van der Waals surface area contributed by atoms with Gasteiger partial charge in [0.1, 0.15) is 22.7 Å². The number of nitrogens with one attached hydrogen (secondary N) is 1. The minimum absolute atomic E-state index is 0.0424. The lowest BCUT2D eigenvalue weighted by atomic mass is 9.66. The lowest BCUT2D eigenvalue weighted by molar-refractivity contribution is -0.123. The van der Waals surface area contributed by atoms with Crippen molar-refractivity contribution >= 4 is 33.0 Å². The Labute approximate surface area is 192 Å². The van der Waals surface area contributed by atoms with Crippen molar-refractivity contribution in [2.24, 2.45) is 5.41 Å². The van der Waals surface area contributed by atoms with Gasteiger partial charge in [-0.05, 0) is 55.2 Å². The summed E-state index contributed by atoms with van der Waals surface area (Å²) in [6.07, 6.45) is 4.61. The molecule has 1 N–H and O–H groups in total. The largest absolute Gasteiger partial charge is 0.350 e. The molecule has 172 valence electrons. The number of thiophene rings is 1. The number of nitrogens with zero attached hydrogens (tertiary/aromatic N) is 4. The topological polar surface area (TPSA) is 71.6 Å². The van der Waals surface area contributed by atoms with Crippen LogP contribution in [-0.2, 0) is 11.3 Å². The van der Waals surface area contributed by atoms with E-state index < -0.39 is 0 Å². The molecule has 32 heavy (non-hydrogen) atoms. The SMILES string of the molecule is CC(C)c1nn(CC(=O)N[C@@H]2CCCN(C3CCC3(C)C)C2)c(=O)c2cc3ccsc3n12. The van der Waals surface area contributed by atoms with Crippen molar-refractivity contribution in [1.29, 1.82) is 0 Å². The van der Waals surface area contributed by atoms with Crippen LogP contribution < -0.4 is 10.9 Å². The third-order valence-corrected chi connectivity index (χ3v) is 8.26. The quantitative estimate of drug-likeness (QED) is 0.638. The molecule has 2 fully saturated rings. The number of rotatable bonds is 5. The molecule has 0 aromatic carbocycles. The number of carbonyl (C=O) groups is 1. The van der Waals surface area contributed by atoms with Gasteiger partial charge >= 0.3 is 0 Å². The summed E-state index contributed by atoms with van der Waals surface area (Å²) >= 11 is 1.61. The van der Waals surface area contributed by atoms with E-state index in [1.54, 1.807) is 11.3 Å². The van der Waals surface area contributed by atoms with Crippen LogP contribution in [0, 0.1) is 5.41 Å². The van der Waals surface area contributed by atoms with Crippen LogP contribution in [0.3, 0.4) is 0 Å². The summed E-state index contributed by atoms with van der Waals surface area (Å²) in [6, 6.07) is 4.68. The molecule has 1 unspecified atom stereocenters. The molecule has 2 atom stereocenters. The number of aromatic nitrogens is 3. The van der Waals surface area contributed by atoms with Crippen LogP contribution in [0.1, 0.15) is 65.1 Å². The van der Waals surface area contributed by atoms with Gasteiger partial charge in [-0.25, -0.2) is 4.68 Å². The molecular weight excluding hydrogens is 422 g/mol. The van der Waals surface area contributed by atoms with E-state index >= 15 is 0 Å². The van der Waals surface area contributed by atoms with Gasteiger partial charge in [0.15, 0.2) is 0 Å². The fraction of sp³-hybridized carbons (Fsp3) is 0.625. The molecule has 1 aliphatic carbocycles. The van der Waals surface area contributed by atoms with Crippen LogP contribution in [0.15, 0.2) is 22.3 Å². The lowest BCUT2D eigenvalue weighted by Crippen LogP contribution is -2.58. The van der Waals surface area contributed by atoms with Gasteiger partial charge in [-0.15, -0.1) is 11.3 Å². The first-order valence-electron chi connectivity index (χ1n) is 11.8. The molecule has 0 radical (unpaired) electrons. The van der Waals surface area contributed by atoms with Crippen LogP contribution in [0.2, 0.25) is 0 Å². The summed E-state index contributed by atoms with van der Waals surface area (Å²) in [6.45, 7) is 10.8. The van der Waals surface area contributed by atoms with Gasteiger partial charge in [0.05, 0.1) is 0 Å². The van der Waals surface area contributed by atoms with Crippen molar-refractivity contribution in [3.8, 4) is 0 Å². The van der Waals surface area contributed by atoms with Crippen molar-refractivity contribution in [2.75, 3.05) is 13.1 Å². The van der Waals surface area contributed by atoms with E-state index in [4.69, 9.17) is 0 Å². The molecule has 8 heteroatoms. The zero-order valence-electron chi connectivity index (χ0n) is 19.4. The number of piperidine rings is 1. The van der Waals surface area contributed by atoms with Crippen LogP contribution in [0.5, 0.6) is 0 Å². The minimum Gasteiger partial charge on any atom is -0.350 e. The minimum atomic E-state index is -0.213. The average Bonchev–Trinajstić information content (AvgIpc) is 3.31. The number of amides is 1. The van der Waals surface area contributed by atoms with Gasteiger partial charge in [-0.1, -0.05) is 27.7 Å². The Balaban J connectivity index is 1.34. The van der Waals surface area contributed by atoms with E-state index in [0.29, 0.717) is 17.0 Å². The molecule has 1 saturated heterocycles. The summed E-state index contributed by atoms with van der Waals surface area (Å²) in [4.78, 5) is 29.7. The lowest BCUT2D eigenvalue weighted by Gasteiger charge is -2.52. The highest BCUT2D eigenvalue weighted by Gasteiger charge is 2.43. The Kier molecular flexibility index (Phi) is 5.40. The zero-order chi connectivity index (χ0) is 22.6. The second kappa shape index (κ2) is 7.99. The smallest absolute Gasteiger partial charge is 0.291 e. The Morgan fingerprint density at radius 3 is 2.84 bits per heavy atom. The normalized spacial score (nSPS) is 23.7. The van der Waals surface area contributed by atoms with E-state index in [0.717, 1.165) is 42.0 Å². The fourth-order valence-corrected chi connectivity index (χ4v) is 6.38. The maximum absolute atomic E-state index is 13.2. The Bertz CT molecular complexity index is 1220. The van der Waals surface area contributed by atoms with Gasteiger partial charge in [-0.2, -0.15) is 5.10 Å². The third-order valence-electron chi connectivity index (χ3n) is 7.35. The second-order valence-electron chi connectivity index (χ2n) is 10.5. The fourth-order valence-electron chi connectivity index (χ4n) is 5.48. The molecule has 1 saturated carbocycles. The Hall–Kier alpha value is -2.19. The summed E-state index contributed by atoms with van der Waals surface area (Å²) in [7, 11) is 0. The van der Waals surface area contributed by atoms with Gasteiger partial charge in [0, 0.05) is 29.9 Å². The number of hydrogen-bond donors (Lipinski definition) is 1. The van der Waals surface area contributed by atoms with E-state index in [1.807, 2.05) is 21.9 Å². The molecular formula is C24H33N5O2S. The molecule has 5 rings (SSSR count). The van der Waals surface area contributed by atoms with Gasteiger partial charge in [0.25, 0.3) is 5.56 Å². The molecule has 2 aliphatic rings. The predicted molar refractivity (Wildman–Crippen MR) is 128 cm³/mol. The average molecular weight is 456 g/mol. The number of likely N-dealkylation sites (tertiary alicyclic amines) is 1. The highest BCUT2D eigenvalue weighted by atomic mass is 32.1. The number of hydrogen-bond acceptors (Lipinski definition) is 5. The van der Waals surface area contributed by atoms with Crippen molar-refractivity contribution in [1.82, 2.24) is 24.4 Å². The maximum atomic E-state index is 13.2. The summed E-state index contributed by atoms with van der Waals surface area (Å²) in [5, 5.41) is 10.9. The zero-order valence-corrected chi connectivity index (χ0v) is 20.2. The van der Waals surface area contributed by atoms with E-state index in [2.05, 4.69) is 43.0 Å². The molecule has 1 aliphatic heterocycles. The van der Waals surface area contributed by atoms with E-state index in [9.17, 15) is 9.59 Å². The highest BCUT2D eigenvalue weighted by Crippen LogP contribution is 2.44. The van der Waals surface area contributed by atoms with E-state index in [-0.39, 0.29) is 30.0 Å². The van der Waals surface area contributed by atoms with Gasteiger partial charge < -0.3 is 5.32 Å². The molecule has 1 amide bonds. The van der Waals surface area contributed by atoms with Gasteiger partial charge in [0.2, 0.25) is 5.91 Å². The molecule has 4 heterocycles. The van der Waals surface area contributed by atoms with Crippen molar-refractivity contribution in [3.63, 3.8) is 0 Å². The Morgan fingerprint density at radius 2 is 2.16 bits per heavy atom. The first-order valence-corrected chi connectivity index (χ1v) is 12.7. The maximum Gasteiger partial charge on any atom is 0.291 e. The standard InChI is InChI=1S/C24H33N5O2S/c1-15(2)21-26-28(22(31)18-12-16-8-11-32-23(16)29(18)21)14-20(30)25-17-6-5-10-27(13-17)19-7-9-24(19,3)4/h8,11-12,15,17,19H,5-7,9-10,13-14H2,1-4H3,(H,25,30)/t17-,19?/m1/s1. The van der Waals surface area contributed by atoms with Crippen molar-refractivity contribution in [2.45, 2.75) is 77.9 Å². The summed E-state index contributed by atoms with van der Waals surface area (Å²) in [5.41, 5.74) is 0.750.